The van der Waals surface area contributed by atoms with E-state index < -0.39 is 42.8 Å². The summed E-state index contributed by atoms with van der Waals surface area (Å²) in [5, 5.41) is 34.7. The van der Waals surface area contributed by atoms with Crippen LogP contribution in [0, 0.1) is 0 Å². The summed E-state index contributed by atoms with van der Waals surface area (Å²) in [6, 6.07) is 0. The van der Waals surface area contributed by atoms with Crippen molar-refractivity contribution in [2.45, 2.75) is 250 Å². The van der Waals surface area contributed by atoms with Crippen LogP contribution in [0.2, 0.25) is 0 Å². The molecule has 0 bridgehead atoms. The standard InChI is InChI=1S/C45H85NO10/c1-4-7-10-13-16-19-22-25-28-31-39(47)46-34-38-42(50)43(51)44(52)45(56-38)54-36-37(55-41(49)33-30-27-24-21-18-15-12-9-6-3)35-53-40(48)32-29-26-23-20-17-14-11-8-5-2/h37-38,42-45,50-52H,4-36H2,1-3H3,(H,46,47)/t37-,38-,42+,43+,44-,45+/m1/s1. The number of carbonyl (C=O) groups is 3. The average molecular weight is 800 g/mol. The lowest BCUT2D eigenvalue weighted by molar-refractivity contribution is -0.299. The molecule has 56 heavy (non-hydrogen) atoms. The van der Waals surface area contributed by atoms with Crippen molar-refractivity contribution in [2.75, 3.05) is 19.8 Å². The van der Waals surface area contributed by atoms with Gasteiger partial charge in [-0.1, -0.05) is 175 Å². The van der Waals surface area contributed by atoms with Gasteiger partial charge in [0.25, 0.3) is 0 Å². The fourth-order valence-electron chi connectivity index (χ4n) is 7.10. The van der Waals surface area contributed by atoms with E-state index in [0.717, 1.165) is 57.8 Å². The summed E-state index contributed by atoms with van der Waals surface area (Å²) in [6.45, 7) is 6.07. The number of nitrogens with one attached hydrogen (secondary N) is 1. The van der Waals surface area contributed by atoms with Crippen LogP contribution in [-0.4, -0.2) is 89.7 Å². The molecule has 0 aromatic heterocycles. The van der Waals surface area contributed by atoms with E-state index in [0.29, 0.717) is 12.8 Å². The van der Waals surface area contributed by atoms with Crippen molar-refractivity contribution in [1.29, 1.82) is 0 Å². The number of amides is 1. The lowest BCUT2D eigenvalue weighted by Gasteiger charge is -2.40. The van der Waals surface area contributed by atoms with Gasteiger partial charge in [0.2, 0.25) is 5.91 Å². The Hall–Kier alpha value is -1.79. The Morgan fingerprint density at radius 2 is 0.929 bits per heavy atom. The molecule has 1 fully saturated rings. The first kappa shape index (κ1) is 52.2. The lowest BCUT2D eigenvalue weighted by atomic mass is 9.98. The monoisotopic (exact) mass is 800 g/mol. The quantitative estimate of drug-likeness (QED) is 0.0350. The second-order valence-corrected chi connectivity index (χ2v) is 16.2. The predicted molar refractivity (Wildman–Crippen MR) is 222 cm³/mol. The lowest BCUT2D eigenvalue weighted by Crippen LogP contribution is -2.60. The SMILES string of the molecule is CCCCCCCCCCCC(=O)NC[C@H]1O[C@H](OC[C@@H](COC(=O)CCCCCCCCCCC)OC(=O)CCCCCCCCCCC)[C@H](O)[C@@H](O)[C@H]1O. The molecule has 1 heterocycles. The van der Waals surface area contributed by atoms with Crippen LogP contribution in [0.3, 0.4) is 0 Å². The summed E-state index contributed by atoms with van der Waals surface area (Å²) in [7, 11) is 0. The second-order valence-electron chi connectivity index (χ2n) is 16.2. The first-order chi connectivity index (χ1) is 27.2. The molecule has 1 aliphatic rings. The molecule has 4 N–H and O–H groups in total. The van der Waals surface area contributed by atoms with E-state index in [1.165, 1.54) is 109 Å². The molecule has 6 atom stereocenters. The number of aliphatic hydroxyl groups excluding tert-OH is 3. The molecule has 1 aliphatic heterocycles. The number of rotatable bonds is 38. The summed E-state index contributed by atoms with van der Waals surface area (Å²) < 4.78 is 22.8. The van der Waals surface area contributed by atoms with Crippen molar-refractivity contribution in [1.82, 2.24) is 5.32 Å². The van der Waals surface area contributed by atoms with E-state index in [9.17, 15) is 29.7 Å². The van der Waals surface area contributed by atoms with Crippen LogP contribution in [0.5, 0.6) is 0 Å². The van der Waals surface area contributed by atoms with E-state index >= 15 is 0 Å². The van der Waals surface area contributed by atoms with Gasteiger partial charge in [0.05, 0.1) is 6.61 Å². The summed E-state index contributed by atoms with van der Waals surface area (Å²) in [6.07, 6.45) is 23.5. The Morgan fingerprint density at radius 1 is 0.518 bits per heavy atom. The maximum atomic E-state index is 12.8. The van der Waals surface area contributed by atoms with Crippen LogP contribution in [0.1, 0.15) is 213 Å². The Balaban J connectivity index is 2.59. The Labute approximate surface area is 341 Å². The first-order valence-electron chi connectivity index (χ1n) is 23.2. The van der Waals surface area contributed by atoms with Gasteiger partial charge in [0.15, 0.2) is 12.4 Å². The zero-order valence-electron chi connectivity index (χ0n) is 36.0. The maximum absolute atomic E-state index is 12.8. The maximum Gasteiger partial charge on any atom is 0.306 e. The molecule has 330 valence electrons. The number of hydrogen-bond donors (Lipinski definition) is 4. The van der Waals surface area contributed by atoms with E-state index in [4.69, 9.17) is 18.9 Å². The van der Waals surface area contributed by atoms with Crippen molar-refractivity contribution >= 4 is 17.8 Å². The largest absolute Gasteiger partial charge is 0.462 e. The highest BCUT2D eigenvalue weighted by Gasteiger charge is 2.44. The van der Waals surface area contributed by atoms with Gasteiger partial charge in [-0.15, -0.1) is 0 Å². The molecule has 0 saturated carbocycles. The predicted octanol–water partition coefficient (Wildman–Crippen LogP) is 9.14. The van der Waals surface area contributed by atoms with Gasteiger partial charge in [0.1, 0.15) is 31.0 Å². The molecule has 0 radical (unpaired) electrons. The smallest absolute Gasteiger partial charge is 0.306 e. The molecule has 0 unspecified atom stereocenters. The van der Waals surface area contributed by atoms with Crippen molar-refractivity contribution in [3.63, 3.8) is 0 Å². The van der Waals surface area contributed by atoms with Crippen LogP contribution in [0.15, 0.2) is 0 Å². The van der Waals surface area contributed by atoms with Gasteiger partial charge in [0, 0.05) is 25.8 Å². The third-order valence-electron chi connectivity index (χ3n) is 10.8. The van der Waals surface area contributed by atoms with Crippen molar-refractivity contribution in [2.24, 2.45) is 0 Å². The number of carbonyl (C=O) groups excluding carboxylic acids is 3. The van der Waals surface area contributed by atoms with Crippen molar-refractivity contribution < 1.29 is 48.7 Å². The third-order valence-corrected chi connectivity index (χ3v) is 10.8. The molecule has 1 amide bonds. The number of aliphatic hydroxyl groups is 3. The first-order valence-corrected chi connectivity index (χ1v) is 23.2. The highest BCUT2D eigenvalue weighted by molar-refractivity contribution is 5.75. The van der Waals surface area contributed by atoms with Crippen molar-refractivity contribution in [3.05, 3.63) is 0 Å². The minimum Gasteiger partial charge on any atom is -0.462 e. The van der Waals surface area contributed by atoms with Crippen LogP contribution in [0.4, 0.5) is 0 Å². The molecule has 0 aliphatic carbocycles. The highest BCUT2D eigenvalue weighted by atomic mass is 16.7. The Bertz CT molecular complexity index is 952. The zero-order valence-corrected chi connectivity index (χ0v) is 36.0. The summed E-state index contributed by atoms with van der Waals surface area (Å²) in [5.41, 5.74) is 0. The number of hydrogen-bond acceptors (Lipinski definition) is 10. The molecule has 0 aromatic carbocycles. The van der Waals surface area contributed by atoms with Crippen LogP contribution < -0.4 is 5.32 Å². The minimum atomic E-state index is -1.59. The number of esters is 2. The second kappa shape index (κ2) is 36.3. The summed E-state index contributed by atoms with van der Waals surface area (Å²) in [5.74, 6) is -0.978. The topological polar surface area (TPSA) is 161 Å². The molecule has 11 heteroatoms. The minimum absolute atomic E-state index is 0.0747. The number of unbranched alkanes of at least 4 members (excludes halogenated alkanes) is 24. The van der Waals surface area contributed by atoms with E-state index in [2.05, 4.69) is 26.1 Å². The van der Waals surface area contributed by atoms with Crippen LogP contribution in [0.25, 0.3) is 0 Å². The molecule has 11 nitrogen and oxygen atoms in total. The molecule has 0 aromatic rings. The molecular formula is C45H85NO10. The fourth-order valence-corrected chi connectivity index (χ4v) is 7.10. The van der Waals surface area contributed by atoms with Crippen LogP contribution >= 0.6 is 0 Å². The third kappa shape index (κ3) is 27.8. The van der Waals surface area contributed by atoms with E-state index in [1.54, 1.807) is 0 Å². The molecule has 1 rings (SSSR count). The number of ether oxygens (including phenoxy) is 4. The Kier molecular flexibility index (Phi) is 33.9. The summed E-state index contributed by atoms with van der Waals surface area (Å²) in [4.78, 5) is 38.0. The fraction of sp³-hybridized carbons (Fsp3) is 0.933. The van der Waals surface area contributed by atoms with Crippen molar-refractivity contribution in [3.8, 4) is 0 Å². The Morgan fingerprint density at radius 3 is 1.39 bits per heavy atom. The van der Waals surface area contributed by atoms with Gasteiger partial charge in [-0.2, -0.15) is 0 Å². The van der Waals surface area contributed by atoms with E-state index in [1.807, 2.05) is 0 Å². The summed E-state index contributed by atoms with van der Waals surface area (Å²) >= 11 is 0. The van der Waals surface area contributed by atoms with Gasteiger partial charge in [-0.05, 0) is 19.3 Å². The van der Waals surface area contributed by atoms with Gasteiger partial charge < -0.3 is 39.6 Å². The van der Waals surface area contributed by atoms with Gasteiger partial charge in [-0.3, -0.25) is 14.4 Å². The molecular weight excluding hydrogens is 714 g/mol. The van der Waals surface area contributed by atoms with Gasteiger partial charge in [-0.25, -0.2) is 0 Å². The van der Waals surface area contributed by atoms with E-state index in [-0.39, 0.29) is 44.5 Å². The molecule has 1 saturated heterocycles. The molecule has 0 spiro atoms. The normalized spacial score (nSPS) is 20.1. The zero-order chi connectivity index (χ0) is 41.1. The van der Waals surface area contributed by atoms with Crippen LogP contribution in [-0.2, 0) is 33.3 Å². The average Bonchev–Trinajstić information content (AvgIpc) is 3.19. The van der Waals surface area contributed by atoms with Gasteiger partial charge >= 0.3 is 11.9 Å². The highest BCUT2D eigenvalue weighted by Crippen LogP contribution is 2.23.